The number of unbranched alkanes of at least 4 members (excludes halogenated alkanes) is 1. The molecule has 0 spiro atoms. The van der Waals surface area contributed by atoms with Gasteiger partial charge in [-0.25, -0.2) is 36.3 Å². The van der Waals surface area contributed by atoms with Crippen molar-refractivity contribution in [3.63, 3.8) is 0 Å². The molecule has 0 aliphatic carbocycles. The predicted octanol–water partition coefficient (Wildman–Crippen LogP) is 12.4. The fourth-order valence-electron chi connectivity index (χ4n) is 11.3. The number of benzene rings is 4. The number of ether oxygens (including phenoxy) is 7. The van der Waals surface area contributed by atoms with E-state index in [2.05, 4.69) is 43.2 Å². The van der Waals surface area contributed by atoms with Crippen molar-refractivity contribution in [3.05, 3.63) is 238 Å². The summed E-state index contributed by atoms with van der Waals surface area (Å²) in [4.78, 5) is 145. The molecule has 44 nitrogen and oxygen atoms in total. The van der Waals surface area contributed by atoms with Crippen LogP contribution in [-0.4, -0.2) is 163 Å². The Kier molecular flexibility index (Phi) is 33.6. The molecule has 0 saturated carbocycles. The van der Waals surface area contributed by atoms with E-state index in [-0.39, 0.29) is 53.2 Å². The van der Waals surface area contributed by atoms with E-state index in [9.17, 15) is 137 Å². The monoisotopic (exact) mass is 1970 g/mol. The molecule has 0 radical (unpaired) electrons. The van der Waals surface area contributed by atoms with Crippen LogP contribution >= 0.6 is 60.8 Å². The van der Waals surface area contributed by atoms with Gasteiger partial charge >= 0.3 is 85.1 Å². The quantitative estimate of drug-likeness (QED) is 0.00706. The summed E-state index contributed by atoms with van der Waals surface area (Å²) in [7, 11) is -40.1. The van der Waals surface area contributed by atoms with Crippen LogP contribution in [0.1, 0.15) is 110 Å². The Morgan fingerprint density at radius 3 is 1.06 bits per heavy atom. The highest BCUT2D eigenvalue weighted by molar-refractivity contribution is 7.75. The Bertz CT molecular complexity index is 5610. The minimum atomic E-state index is -5.45. The second-order valence-electron chi connectivity index (χ2n) is 27.1. The van der Waals surface area contributed by atoms with E-state index >= 15 is 0 Å². The van der Waals surface area contributed by atoms with Gasteiger partial charge in [-0.2, -0.15) is 0 Å². The van der Waals surface area contributed by atoms with Crippen molar-refractivity contribution in [2.45, 2.75) is 111 Å². The van der Waals surface area contributed by atoms with Gasteiger partial charge in [-0.3, -0.25) is 97.4 Å². The van der Waals surface area contributed by atoms with Crippen molar-refractivity contribution < 1.29 is 207 Å². The molecule has 8 atom stereocenters. The average Bonchev–Trinajstić information content (AvgIpc) is 0.729. The first-order chi connectivity index (χ1) is 59.8. The number of aliphatic hydroxyl groups is 4. The first-order valence-electron chi connectivity index (χ1n) is 36.5. The zero-order chi connectivity index (χ0) is 94.6. The summed E-state index contributed by atoms with van der Waals surface area (Å²) in [5.41, 5.74) is -2.56. The zero-order valence-corrected chi connectivity index (χ0v) is 73.7. The summed E-state index contributed by atoms with van der Waals surface area (Å²) in [5, 5.41) is 29.7. The van der Waals surface area contributed by atoms with Gasteiger partial charge in [-0.15, -0.1) is 0 Å². The maximum Gasteiger partial charge on any atom is 0.513 e. The molecular weight excluding hydrogens is 1890 g/mol. The summed E-state index contributed by atoms with van der Waals surface area (Å²) in [6.45, 7) is 4.26. The van der Waals surface area contributed by atoms with Crippen molar-refractivity contribution in [1.29, 1.82) is 0 Å². The molecule has 696 valence electrons. The lowest BCUT2D eigenvalue weighted by molar-refractivity contribution is -0.150. The molecule has 4 fully saturated rings. The Balaban J connectivity index is 0.000000193. The highest BCUT2D eigenvalue weighted by Crippen LogP contribution is 2.83. The molecule has 8 heterocycles. The number of pyridine rings is 4. The molecule has 128 heavy (non-hydrogen) atoms. The van der Waals surface area contributed by atoms with E-state index in [0.717, 1.165) is 29.7 Å². The molecule has 4 aliphatic heterocycles. The number of hydrogen-bond donors (Lipinski definition) is 12. The molecule has 4 saturated heterocycles. The summed E-state index contributed by atoms with van der Waals surface area (Å²) >= 11 is 0. The molecule has 1 amide bonds. The fraction of sp³-hybridized carbons (Fsp3) is 0.324. The van der Waals surface area contributed by atoms with Crippen LogP contribution in [0.25, 0.3) is 0 Å². The van der Waals surface area contributed by atoms with Crippen molar-refractivity contribution >= 4 is 85.1 Å². The molecule has 4 aromatic carbocycles. The van der Waals surface area contributed by atoms with Crippen molar-refractivity contribution in [2.75, 3.05) is 34.1 Å². The number of aromatic nitrogens is 4. The SMILES string of the molecule is CCCCC(=O)OCOc1cc(F)c(C2OP(=O)(O)C(O)(Cc3cccnc3)P(=O)(O)O2)c(F)c1.CCOC(=O)Oc1cc(F)c(C2OP(=O)(O)C(O)(Cc3cccnc3)P(=O)(O)O2)c(F)c1.CCOC(=O)Oc1ccccc1C1OP(=O)(O)C(O)(Cc2cccnc2)P(=O)(O)O1.CN(C)C(=O)Oc1cccc(F)c1C1OP(=O)(O)C(O)(Cc2cccnc2)P(=O)(O)O1. The molecule has 4 aliphatic rings. The molecule has 12 N–H and O–H groups in total. The maximum atomic E-state index is 14.7. The number of carbonyl (C=O) groups excluding carboxylic acids is 4. The predicted molar refractivity (Wildman–Crippen MR) is 421 cm³/mol. The van der Waals surface area contributed by atoms with Crippen LogP contribution in [-0.2, 0) is 117 Å². The van der Waals surface area contributed by atoms with Crippen LogP contribution in [0.4, 0.5) is 36.3 Å². The number of esters is 1. The molecule has 0 bridgehead atoms. The summed E-state index contributed by atoms with van der Waals surface area (Å²) in [6, 6.07) is 22.3. The van der Waals surface area contributed by atoms with Gasteiger partial charge in [-0.1, -0.05) is 61.9 Å². The minimum absolute atomic E-state index is 0.0382. The van der Waals surface area contributed by atoms with Crippen LogP contribution in [0.3, 0.4) is 0 Å². The lowest BCUT2D eigenvalue weighted by atomic mass is 10.2. The average molecular weight is 1970 g/mol. The third kappa shape index (κ3) is 23.4. The number of amides is 1. The van der Waals surface area contributed by atoms with Crippen LogP contribution in [0.15, 0.2) is 165 Å². The Morgan fingerprint density at radius 1 is 0.398 bits per heavy atom. The first-order valence-corrected chi connectivity index (χ1v) is 49.2. The molecule has 12 rings (SSSR count). The van der Waals surface area contributed by atoms with E-state index in [1.165, 1.54) is 143 Å². The van der Waals surface area contributed by atoms with Crippen LogP contribution < -0.4 is 18.9 Å². The van der Waals surface area contributed by atoms with E-state index in [0.29, 0.717) is 30.7 Å². The summed E-state index contributed by atoms with van der Waals surface area (Å²) < 4.78 is 247. The van der Waals surface area contributed by atoms with Gasteiger partial charge in [-0.05, 0) is 85.0 Å². The first kappa shape index (κ1) is 103. The molecule has 8 aromatic rings. The van der Waals surface area contributed by atoms with Crippen LogP contribution in [0.2, 0.25) is 0 Å². The van der Waals surface area contributed by atoms with Crippen molar-refractivity contribution in [1.82, 2.24) is 24.8 Å². The number of halogens is 5. The standard InChI is InChI=1S/C20H23F2NO10P2.C17H17F2NO10P2.C17H19FN2O9P2.C17H19NO10P2/c1-2-3-6-17(24)31-12-30-14-8-15(21)18(16(22)9-14)19-32-34(26,27)20(25,35(28,29)33-19)10-13-5-4-7-23-11-13;1-2-27-16(21)28-11-6-12(18)14(13(19)7-11)15-29-31(23,24)17(22,32(25,26)30-15)8-10-4-3-5-20-9-10;1-20(2)16(21)27-13-7-3-6-12(18)14(13)15-28-30(23,24)17(22,31(25,26)29-15)9-11-5-4-8-19-10-11;1-2-25-16(19)26-14-8-4-3-7-13(14)15-27-29(21,22)17(20,30(23,24)28-15)10-12-6-5-9-18-11-12/h4-5,7-9,11,19,25H,2-3,6,10,12H2,1H3,(H,26,27)(H,28,29);3-7,9,15,22H,2,8H2,1H3,(H,23,24)(H,25,26);3-8,10,15,22H,9H2,1-2H3,(H,23,24)(H,25,26);3-9,11,15,20H,2,10H2,1H3,(H,21,22)(H,23,24). The van der Waals surface area contributed by atoms with E-state index in [4.69, 9.17) is 46.1 Å². The molecule has 8 unspecified atom stereocenters. The van der Waals surface area contributed by atoms with Crippen molar-refractivity contribution in [2.24, 2.45) is 0 Å². The zero-order valence-electron chi connectivity index (χ0n) is 66.6. The number of nitrogens with zero attached hydrogens (tertiary/aromatic N) is 5. The second kappa shape index (κ2) is 41.8. The number of para-hydroxylation sites is 1. The Labute approximate surface area is 720 Å². The van der Waals surface area contributed by atoms with Gasteiger partial charge in [0.25, 0.3) is 20.3 Å². The highest BCUT2D eigenvalue weighted by Gasteiger charge is 2.71. The van der Waals surface area contributed by atoms with Gasteiger partial charge in [0.2, 0.25) is 32.0 Å². The van der Waals surface area contributed by atoms with Gasteiger partial charge in [0.1, 0.15) is 52.1 Å². The Hall–Kier alpha value is -8.75. The summed E-state index contributed by atoms with van der Waals surface area (Å²) in [5.74, 6) is -9.17. The number of rotatable bonds is 23. The third-order valence-corrected chi connectivity index (χ3v) is 36.2. The molecular formula is C71H78F5N5O39P8. The van der Waals surface area contributed by atoms with Crippen LogP contribution in [0, 0.1) is 29.1 Å². The second-order valence-corrected chi connectivity index (χ2v) is 44.4. The normalized spacial score (nSPS) is 30.0. The largest absolute Gasteiger partial charge is 0.513 e. The van der Waals surface area contributed by atoms with Gasteiger partial charge in [0.15, 0.2) is 0 Å². The number of hydrogen-bond acceptors (Lipinski definition) is 35. The summed E-state index contributed by atoms with van der Waals surface area (Å²) in [6.07, 6.45) is -3.71. The van der Waals surface area contributed by atoms with Gasteiger partial charge < -0.3 is 97.6 Å². The highest BCUT2D eigenvalue weighted by atomic mass is 31.3. The Morgan fingerprint density at radius 2 is 0.727 bits per heavy atom. The van der Waals surface area contributed by atoms with E-state index in [1.54, 1.807) is 6.92 Å². The maximum absolute atomic E-state index is 14.7. The number of carbonyl (C=O) groups is 4. The van der Waals surface area contributed by atoms with E-state index < -0.39 is 226 Å². The van der Waals surface area contributed by atoms with Crippen LogP contribution in [0.5, 0.6) is 23.0 Å². The third-order valence-electron chi connectivity index (χ3n) is 17.8. The lowest BCUT2D eigenvalue weighted by Gasteiger charge is -2.41. The fourth-order valence-corrected chi connectivity index (χ4v) is 25.5. The molecule has 4 aromatic heterocycles. The topological polar surface area (TPSA) is 641 Å². The minimum Gasteiger partial charge on any atom is -0.457 e. The van der Waals surface area contributed by atoms with E-state index in [1.807, 2.05) is 6.92 Å². The van der Waals surface area contributed by atoms with Gasteiger partial charge in [0.05, 0.1) is 35.5 Å². The van der Waals surface area contributed by atoms with Gasteiger partial charge in [0, 0.05) is 120 Å². The lowest BCUT2D eigenvalue weighted by Crippen LogP contribution is -2.38. The smallest absolute Gasteiger partial charge is 0.457 e. The van der Waals surface area contributed by atoms with Crippen molar-refractivity contribution in [3.8, 4) is 23.0 Å². The molecule has 57 heteroatoms.